The molecule has 16 heteroatoms. The predicted octanol–water partition coefficient (Wildman–Crippen LogP) is 23.0. The molecule has 704 valence electrons. The third-order valence-electron chi connectivity index (χ3n) is 29.5. The molecule has 0 aromatic rings. The minimum absolute atomic E-state index is 0.0100. The topological polar surface area (TPSA) is 179 Å². The number of unbranched alkanes of at least 4 members (excludes halogenated alkanes) is 14. The highest BCUT2D eigenvalue weighted by atomic mass is 16.5. The van der Waals surface area contributed by atoms with Gasteiger partial charge in [-0.2, -0.15) is 0 Å². The van der Waals surface area contributed by atoms with Gasteiger partial charge in [0.1, 0.15) is 6.10 Å². The van der Waals surface area contributed by atoms with E-state index in [1.54, 1.807) is 6.92 Å². The van der Waals surface area contributed by atoms with Crippen LogP contribution in [0.1, 0.15) is 480 Å². The molecule has 1 amide bonds. The van der Waals surface area contributed by atoms with E-state index in [-0.39, 0.29) is 115 Å². The Kier molecular flexibility index (Phi) is 46.1. The smallest absolute Gasteiger partial charge is 0.306 e. The summed E-state index contributed by atoms with van der Waals surface area (Å²) in [6.45, 7) is 82.9. The molecule has 8 heterocycles. The average molecular weight is 1670 g/mol. The van der Waals surface area contributed by atoms with E-state index in [4.69, 9.17) is 9.84 Å². The molecule has 0 saturated carbocycles. The van der Waals surface area contributed by atoms with Crippen molar-refractivity contribution in [1.82, 2.24) is 39.6 Å². The minimum Gasteiger partial charge on any atom is -0.462 e. The average Bonchev–Trinajstić information content (AvgIpc) is 0.766. The van der Waals surface area contributed by atoms with Crippen LogP contribution in [0.2, 0.25) is 0 Å². The number of carbonyl (C=O) groups is 2. The van der Waals surface area contributed by atoms with Crippen molar-refractivity contribution in [2.45, 2.75) is 600 Å². The van der Waals surface area contributed by atoms with Gasteiger partial charge in [0.05, 0.1) is 31.0 Å². The minimum atomic E-state index is -0.296. The highest BCUT2D eigenvalue weighted by molar-refractivity contribution is 5.75. The Bertz CT molecular complexity index is 2680. The van der Waals surface area contributed by atoms with Gasteiger partial charge in [-0.15, -0.1) is 0 Å². The summed E-state index contributed by atoms with van der Waals surface area (Å²) in [5.41, 5.74) is 2.49. The summed E-state index contributed by atoms with van der Waals surface area (Å²) in [6.07, 6.45) is 41.8. The van der Waals surface area contributed by atoms with Crippen molar-refractivity contribution in [3.05, 3.63) is 0 Å². The van der Waals surface area contributed by atoms with E-state index >= 15 is 0 Å². The Morgan fingerprint density at radius 2 is 0.585 bits per heavy atom. The molecule has 0 aromatic heterocycles. The van der Waals surface area contributed by atoms with E-state index in [9.17, 15) is 30.0 Å². The summed E-state index contributed by atoms with van der Waals surface area (Å²) in [4.78, 5) is 40.6. The second-order valence-electron chi connectivity index (χ2n) is 48.6. The van der Waals surface area contributed by atoms with Crippen molar-refractivity contribution in [3.8, 4) is 0 Å². The van der Waals surface area contributed by atoms with E-state index in [0.29, 0.717) is 41.4 Å². The number of hydrogen-bond donors (Lipinski definition) is 6. The van der Waals surface area contributed by atoms with Gasteiger partial charge in [-0.3, -0.25) is 39.0 Å². The Balaban J connectivity index is 0.000000697. The summed E-state index contributed by atoms with van der Waals surface area (Å²) < 4.78 is 5.86. The van der Waals surface area contributed by atoms with Gasteiger partial charge in [0.2, 0.25) is 5.91 Å². The summed E-state index contributed by atoms with van der Waals surface area (Å²) in [6, 6.07) is 0. The Labute approximate surface area is 734 Å². The van der Waals surface area contributed by atoms with Gasteiger partial charge >= 0.3 is 5.97 Å². The monoisotopic (exact) mass is 1670 g/mol. The number of carbonyl (C=O) groups excluding carboxylic acids is 2. The zero-order valence-corrected chi connectivity index (χ0v) is 86.3. The molecule has 0 aliphatic carbocycles. The first-order valence-corrected chi connectivity index (χ1v) is 48.6. The normalized spacial score (nSPS) is 26.1. The number of nitrogens with one attached hydrogen (secondary N) is 1. The Morgan fingerprint density at radius 3 is 0.864 bits per heavy atom. The maximum atomic E-state index is 12.3. The largest absolute Gasteiger partial charge is 0.462 e. The molecule has 118 heavy (non-hydrogen) atoms. The molecule has 0 atom stereocenters. The number of esters is 1. The molecule has 8 aliphatic heterocycles. The van der Waals surface area contributed by atoms with Crippen LogP contribution in [0, 0.1) is 0 Å². The highest BCUT2D eigenvalue weighted by Gasteiger charge is 2.50. The predicted molar refractivity (Wildman–Crippen MR) is 509 cm³/mol. The second-order valence-corrected chi connectivity index (χ2v) is 48.6. The summed E-state index contributed by atoms with van der Waals surface area (Å²) in [7, 11) is 6.58. The van der Waals surface area contributed by atoms with E-state index in [1.807, 2.05) is 32.6 Å². The number of aliphatic hydroxyl groups is 5. The lowest BCUT2D eigenvalue weighted by Gasteiger charge is -2.54. The lowest BCUT2D eigenvalue weighted by atomic mass is 9.78. The molecule has 0 aromatic carbocycles. The fraction of sp³-hybridized carbons (Fsp3) is 0.980. The van der Waals surface area contributed by atoms with Crippen LogP contribution in [0.4, 0.5) is 0 Å². The lowest BCUT2D eigenvalue weighted by molar-refractivity contribution is -0.159. The van der Waals surface area contributed by atoms with Crippen LogP contribution in [-0.4, -0.2) is 238 Å². The molecule has 0 spiro atoms. The van der Waals surface area contributed by atoms with E-state index < -0.39 is 0 Å². The summed E-state index contributed by atoms with van der Waals surface area (Å²) in [5, 5.41) is 51.7. The van der Waals surface area contributed by atoms with Crippen LogP contribution in [0.25, 0.3) is 0 Å². The molecule has 8 rings (SSSR count). The Hall–Kier alpha value is -1.54. The van der Waals surface area contributed by atoms with Crippen molar-refractivity contribution in [2.24, 2.45) is 0 Å². The second kappa shape index (κ2) is 47.5. The maximum Gasteiger partial charge on any atom is 0.306 e. The number of amides is 1. The van der Waals surface area contributed by atoms with Crippen LogP contribution in [-0.2, 0) is 14.3 Å². The number of rotatable bonds is 22. The molecule has 6 N–H and O–H groups in total. The van der Waals surface area contributed by atoms with Crippen molar-refractivity contribution >= 4 is 11.9 Å². The van der Waals surface area contributed by atoms with Gasteiger partial charge in [0.15, 0.2) is 0 Å². The van der Waals surface area contributed by atoms with Gasteiger partial charge < -0.3 is 40.5 Å². The molecule has 8 aliphatic rings. The molecular weight excluding hydrogens is 1470 g/mol. The molecular formula is C102H208N8O8. The zero-order chi connectivity index (χ0) is 91.8. The summed E-state index contributed by atoms with van der Waals surface area (Å²) >= 11 is 0. The standard InChI is InChI=1S/C28H55NO2.C12H25NO.C11H21NO2.2C11H23NO.C10H21NO.C10H21N.C9H19N/c1-7-8-9-10-11-12-13-14-15-16-17-18-19-20-21-22-26(30)31-25-23-27(2,3)29(6)28(4,5)24-25;1-6-7-13-11(2,3)8-10(14)9-12(13,4)5;1-8(13)12-10(2,3)6-9(14)7-11(12,4)5;1-10(2)6-5-7-11(3,4)12(10)8-9-13;1-6-12-10(2,3)7-9(13)8-11(12,4)5;1-9(2)6-8(12)7-10(3,4)11(9)5;1-9(2)7-6-8-10(3,4)11(9)5;1-8(2)6-5-7-9(3,4)10-8/h25H,7-24H2,1-6H3;10,14H,6-9H2,1-5H3;9,14H,6-7H2,1-5H3;13H,5-9H2,1-4H3;9,13H,6-8H2,1-5H3;8,12H,6-7H2,1-5H3;6-8H2,1-5H3;10H,5-7H2,1-4H3. The third kappa shape index (κ3) is 38.6. The van der Waals surface area contributed by atoms with Crippen LogP contribution in [0.15, 0.2) is 0 Å². The maximum absolute atomic E-state index is 12.3. The fourth-order valence-electron chi connectivity index (χ4n) is 23.7. The van der Waals surface area contributed by atoms with E-state index in [1.165, 1.54) is 148 Å². The number of likely N-dealkylation sites (tertiary alicyclic amines) is 7. The number of aliphatic hydroxyl groups excluding tert-OH is 5. The van der Waals surface area contributed by atoms with Crippen LogP contribution in [0.5, 0.6) is 0 Å². The summed E-state index contributed by atoms with van der Waals surface area (Å²) in [5.74, 6) is 0.0998. The van der Waals surface area contributed by atoms with E-state index in [2.05, 4.69) is 270 Å². The molecule has 0 unspecified atom stereocenters. The molecule has 0 radical (unpaired) electrons. The number of ether oxygens (including phenoxy) is 1. The quantitative estimate of drug-likeness (QED) is 0.0445. The molecule has 0 bridgehead atoms. The van der Waals surface area contributed by atoms with Crippen molar-refractivity contribution in [1.29, 1.82) is 0 Å². The first-order valence-electron chi connectivity index (χ1n) is 48.6. The SMILES string of the molecule is CC(=O)N1C(C)(C)CC(O)CC1(C)C.CC1(C)CCCC(C)(C)N1.CC1(C)CCCC(C)(C)N1CCO.CCCCCCCCCCCCCCCCCC(=O)OC1CC(C)(C)N(C)C(C)(C)C1.CCCN1C(C)(C)CC(O)CC1(C)C.CCN1C(C)(C)CC(O)CC1(C)C.CN1C(C)(C)CC(O)CC1(C)C.CN1C(C)(C)CCCC1(C)C. The van der Waals surface area contributed by atoms with Gasteiger partial charge in [-0.1, -0.05) is 111 Å². The number of piperidine rings is 8. The van der Waals surface area contributed by atoms with Gasteiger partial charge in [-0.05, 0) is 378 Å². The van der Waals surface area contributed by atoms with Crippen molar-refractivity contribution in [3.63, 3.8) is 0 Å². The molecule has 8 fully saturated rings. The first-order chi connectivity index (χ1) is 53.4. The number of hydrogen-bond acceptors (Lipinski definition) is 15. The zero-order valence-electron chi connectivity index (χ0n) is 86.3. The van der Waals surface area contributed by atoms with Crippen molar-refractivity contribution in [2.75, 3.05) is 47.4 Å². The number of nitrogens with zero attached hydrogens (tertiary/aromatic N) is 7. The highest BCUT2D eigenvalue weighted by Crippen LogP contribution is 2.45. The van der Waals surface area contributed by atoms with Gasteiger partial charge in [0, 0.05) is 121 Å². The van der Waals surface area contributed by atoms with Gasteiger partial charge in [0.25, 0.3) is 0 Å². The van der Waals surface area contributed by atoms with Crippen LogP contribution in [0.3, 0.4) is 0 Å². The van der Waals surface area contributed by atoms with Crippen LogP contribution >= 0.6 is 0 Å². The van der Waals surface area contributed by atoms with Crippen LogP contribution < -0.4 is 5.32 Å². The third-order valence-corrected chi connectivity index (χ3v) is 29.5. The van der Waals surface area contributed by atoms with E-state index in [0.717, 1.165) is 83.8 Å². The molecule has 8 saturated heterocycles. The fourth-order valence-corrected chi connectivity index (χ4v) is 23.7. The van der Waals surface area contributed by atoms with Crippen molar-refractivity contribution < 1.29 is 39.9 Å². The van der Waals surface area contributed by atoms with Gasteiger partial charge in [-0.25, -0.2) is 0 Å². The lowest BCUT2D eigenvalue weighted by Crippen LogP contribution is -2.63. The first kappa shape index (κ1) is 114. The molecule has 16 nitrogen and oxygen atoms in total. The number of β-amino-alcohol motifs (C(OH)–C–C–N with tert-alkyl or cyclic N) is 1. The Morgan fingerprint density at radius 1 is 0.322 bits per heavy atom.